The van der Waals surface area contributed by atoms with Crippen molar-refractivity contribution in [2.75, 3.05) is 17.6 Å². The zero-order valence-corrected chi connectivity index (χ0v) is 10.2. The third kappa shape index (κ3) is 3.02. The van der Waals surface area contributed by atoms with Gasteiger partial charge in [0.25, 0.3) is 0 Å². The molecule has 1 rings (SSSR count). The Morgan fingerprint density at radius 3 is 2.86 bits per heavy atom. The Balaban J connectivity index is 2.87. The Kier molecular flexibility index (Phi) is 4.00. The average molecular weight is 327 g/mol. The molecule has 0 saturated heterocycles. The van der Waals surface area contributed by atoms with Crippen LogP contribution in [0.15, 0.2) is 23.7 Å². The van der Waals surface area contributed by atoms with E-state index in [9.17, 15) is 4.39 Å². The van der Waals surface area contributed by atoms with E-state index < -0.39 is 0 Å². The molecule has 14 heavy (non-hydrogen) atoms. The van der Waals surface area contributed by atoms with Crippen LogP contribution >= 0.6 is 34.2 Å². The molecule has 0 aromatic heterocycles. The first-order chi connectivity index (χ1) is 6.50. The Morgan fingerprint density at radius 2 is 2.29 bits per heavy atom. The maximum absolute atomic E-state index is 13.1. The minimum Gasteiger partial charge on any atom is -0.397 e. The Hall–Kier alpha value is -0.490. The van der Waals surface area contributed by atoms with Gasteiger partial charge < -0.3 is 11.1 Å². The van der Waals surface area contributed by atoms with E-state index in [1.165, 1.54) is 6.07 Å². The molecule has 3 N–H and O–H groups in total. The van der Waals surface area contributed by atoms with Gasteiger partial charge in [-0.05, 0) is 28.7 Å². The van der Waals surface area contributed by atoms with Crippen LogP contribution in [0.1, 0.15) is 0 Å². The summed E-state index contributed by atoms with van der Waals surface area (Å²) in [6.07, 6.45) is 0. The summed E-state index contributed by atoms with van der Waals surface area (Å²) >= 11 is 7.44. The lowest BCUT2D eigenvalue weighted by Gasteiger charge is -2.09. The number of hydrogen-bond acceptors (Lipinski definition) is 2. The van der Waals surface area contributed by atoms with Crippen molar-refractivity contribution < 1.29 is 4.39 Å². The molecule has 0 heterocycles. The lowest BCUT2D eigenvalue weighted by molar-refractivity contribution is 0.621. The number of hydrogen-bond donors (Lipinski definition) is 2. The number of anilines is 2. The number of rotatable bonds is 3. The van der Waals surface area contributed by atoms with Crippen molar-refractivity contribution in [3.05, 3.63) is 33.1 Å². The zero-order chi connectivity index (χ0) is 10.7. The fourth-order valence-electron chi connectivity index (χ4n) is 0.906. The van der Waals surface area contributed by atoms with Crippen LogP contribution < -0.4 is 11.1 Å². The molecule has 0 saturated carbocycles. The van der Waals surface area contributed by atoms with Crippen LogP contribution in [0.2, 0.25) is 0 Å². The number of halogens is 3. The largest absolute Gasteiger partial charge is 0.397 e. The highest BCUT2D eigenvalue weighted by Gasteiger charge is 2.05. The smallest absolute Gasteiger partial charge is 0.138 e. The molecule has 5 heteroatoms. The van der Waals surface area contributed by atoms with Crippen LogP contribution in [0.25, 0.3) is 0 Å². The van der Waals surface area contributed by atoms with Crippen molar-refractivity contribution >= 4 is 45.6 Å². The van der Waals surface area contributed by atoms with Gasteiger partial charge in [-0.2, -0.15) is 0 Å². The predicted molar refractivity (Wildman–Crippen MR) is 67.0 cm³/mol. The van der Waals surface area contributed by atoms with Crippen LogP contribution in [0, 0.1) is 9.39 Å². The van der Waals surface area contributed by atoms with Crippen LogP contribution in [-0.4, -0.2) is 6.54 Å². The van der Waals surface area contributed by atoms with Crippen molar-refractivity contribution in [1.82, 2.24) is 0 Å². The van der Waals surface area contributed by atoms with Crippen molar-refractivity contribution in [2.45, 2.75) is 0 Å². The topological polar surface area (TPSA) is 38.0 Å². The highest BCUT2D eigenvalue weighted by Crippen LogP contribution is 2.24. The van der Waals surface area contributed by atoms with Gasteiger partial charge >= 0.3 is 0 Å². The van der Waals surface area contributed by atoms with Gasteiger partial charge in [0.05, 0.1) is 21.5 Å². The first-order valence-electron chi connectivity index (χ1n) is 3.82. The Bertz CT molecular complexity index is 368. The quantitative estimate of drug-likeness (QED) is 0.661. The summed E-state index contributed by atoms with van der Waals surface area (Å²) in [6.45, 7) is 3.87. The Morgan fingerprint density at radius 1 is 1.64 bits per heavy atom. The summed E-state index contributed by atoms with van der Waals surface area (Å²) in [5, 5.41) is 3.33. The number of nitrogen functional groups attached to an aromatic ring is 1. The molecule has 0 atom stereocenters. The summed E-state index contributed by atoms with van der Waals surface area (Å²) in [5.41, 5.74) is 6.70. The minimum absolute atomic E-state index is 0.303. The molecule has 0 bridgehead atoms. The van der Waals surface area contributed by atoms with Crippen molar-refractivity contribution in [1.29, 1.82) is 0 Å². The summed E-state index contributed by atoms with van der Waals surface area (Å²) < 4.78 is 13.6. The van der Waals surface area contributed by atoms with E-state index in [-0.39, 0.29) is 5.82 Å². The lowest BCUT2D eigenvalue weighted by atomic mass is 10.2. The standard InChI is InChI=1S/C9H9ClFIN2/c1-5(10)4-14-9-2-6(11)7(12)3-8(9)13/h2-3,14H,1,4,13H2. The molecular weight excluding hydrogens is 317 g/mol. The van der Waals surface area contributed by atoms with Gasteiger partial charge in [0.2, 0.25) is 0 Å². The van der Waals surface area contributed by atoms with Crippen molar-refractivity contribution in [3.8, 4) is 0 Å². The summed E-state index contributed by atoms with van der Waals surface area (Å²) in [4.78, 5) is 0. The van der Waals surface area contributed by atoms with E-state index in [2.05, 4.69) is 11.9 Å². The van der Waals surface area contributed by atoms with E-state index in [4.69, 9.17) is 17.3 Å². The van der Waals surface area contributed by atoms with Crippen LogP contribution in [0.4, 0.5) is 15.8 Å². The molecule has 0 unspecified atom stereocenters. The first-order valence-corrected chi connectivity index (χ1v) is 5.28. The van der Waals surface area contributed by atoms with E-state index in [1.54, 1.807) is 6.07 Å². The molecule has 0 aliphatic carbocycles. The van der Waals surface area contributed by atoms with Gasteiger partial charge in [0, 0.05) is 11.1 Å². The maximum Gasteiger partial charge on any atom is 0.138 e. The van der Waals surface area contributed by atoms with Gasteiger partial charge in [-0.3, -0.25) is 0 Å². The van der Waals surface area contributed by atoms with E-state index in [1.807, 2.05) is 22.6 Å². The molecular formula is C9H9ClFIN2. The third-order valence-corrected chi connectivity index (χ3v) is 2.52. The number of benzene rings is 1. The van der Waals surface area contributed by atoms with Crippen molar-refractivity contribution in [2.24, 2.45) is 0 Å². The summed E-state index contributed by atoms with van der Waals surface area (Å²) in [6, 6.07) is 2.91. The molecule has 0 radical (unpaired) electrons. The van der Waals surface area contributed by atoms with Gasteiger partial charge in [-0.25, -0.2) is 4.39 Å². The molecule has 0 spiro atoms. The Labute approximate surface area is 100 Å². The second kappa shape index (κ2) is 4.84. The van der Waals surface area contributed by atoms with Gasteiger partial charge in [-0.15, -0.1) is 0 Å². The predicted octanol–water partition coefficient (Wildman–Crippen LogP) is 3.18. The van der Waals surface area contributed by atoms with E-state index >= 15 is 0 Å². The highest BCUT2D eigenvalue weighted by molar-refractivity contribution is 14.1. The zero-order valence-electron chi connectivity index (χ0n) is 7.28. The molecule has 0 aliphatic rings. The van der Waals surface area contributed by atoms with Crippen LogP contribution in [0.5, 0.6) is 0 Å². The maximum atomic E-state index is 13.1. The van der Waals surface area contributed by atoms with Crippen LogP contribution in [0.3, 0.4) is 0 Å². The molecule has 0 fully saturated rings. The fourth-order valence-corrected chi connectivity index (χ4v) is 1.46. The first kappa shape index (κ1) is 11.6. The normalized spacial score (nSPS) is 9.93. The second-order valence-corrected chi connectivity index (χ2v) is 4.42. The van der Waals surface area contributed by atoms with Gasteiger partial charge in [0.1, 0.15) is 5.82 Å². The molecule has 2 nitrogen and oxygen atoms in total. The summed E-state index contributed by atoms with van der Waals surface area (Å²) in [5.74, 6) is -0.303. The van der Waals surface area contributed by atoms with E-state index in [0.29, 0.717) is 26.5 Å². The average Bonchev–Trinajstić information content (AvgIpc) is 2.09. The lowest BCUT2D eigenvalue weighted by Crippen LogP contribution is -2.04. The SMILES string of the molecule is C=C(Cl)CNc1cc(F)c(I)cc1N. The molecule has 1 aromatic carbocycles. The fraction of sp³-hybridized carbons (Fsp3) is 0.111. The minimum atomic E-state index is -0.303. The van der Waals surface area contributed by atoms with E-state index in [0.717, 1.165) is 0 Å². The van der Waals surface area contributed by atoms with Crippen molar-refractivity contribution in [3.63, 3.8) is 0 Å². The molecule has 1 aromatic rings. The van der Waals surface area contributed by atoms with Gasteiger partial charge in [-0.1, -0.05) is 18.2 Å². The molecule has 76 valence electrons. The summed E-state index contributed by atoms with van der Waals surface area (Å²) in [7, 11) is 0. The number of nitrogens with two attached hydrogens (primary N) is 1. The van der Waals surface area contributed by atoms with Gasteiger partial charge in [0.15, 0.2) is 0 Å². The monoisotopic (exact) mass is 326 g/mol. The van der Waals surface area contributed by atoms with Crippen LogP contribution in [-0.2, 0) is 0 Å². The number of nitrogens with one attached hydrogen (secondary N) is 1. The molecule has 0 amide bonds. The third-order valence-electron chi connectivity index (χ3n) is 1.56. The molecule has 0 aliphatic heterocycles. The highest BCUT2D eigenvalue weighted by atomic mass is 127. The second-order valence-electron chi connectivity index (χ2n) is 2.72.